The van der Waals surface area contributed by atoms with Crippen molar-refractivity contribution < 1.29 is 4.79 Å². The molecule has 1 N–H and O–H groups in total. The van der Waals surface area contributed by atoms with E-state index in [0.717, 1.165) is 66.6 Å². The molecule has 1 fully saturated rings. The average Bonchev–Trinajstić information content (AvgIpc) is 3.28. The summed E-state index contributed by atoms with van der Waals surface area (Å²) in [5.74, 6) is 0.141. The number of carbonyl (C=O) groups excluding carboxylic acids is 1. The molecule has 1 aliphatic heterocycles. The maximum absolute atomic E-state index is 12.7. The Morgan fingerprint density at radius 1 is 1.03 bits per heavy atom. The molecule has 3 aromatic rings. The van der Waals surface area contributed by atoms with E-state index in [4.69, 9.17) is 4.98 Å². The summed E-state index contributed by atoms with van der Waals surface area (Å²) in [4.78, 5) is 24.4. The summed E-state index contributed by atoms with van der Waals surface area (Å²) < 4.78 is 1.79. The third-order valence-corrected chi connectivity index (χ3v) is 5.81. The van der Waals surface area contributed by atoms with Gasteiger partial charge in [0.1, 0.15) is 0 Å². The van der Waals surface area contributed by atoms with Crippen molar-refractivity contribution in [1.29, 1.82) is 0 Å². The van der Waals surface area contributed by atoms with Gasteiger partial charge in [-0.15, -0.1) is 0 Å². The zero-order valence-corrected chi connectivity index (χ0v) is 17.8. The maximum atomic E-state index is 12.7. The first-order valence-electron chi connectivity index (χ1n) is 10.4. The number of piperidine rings is 1. The van der Waals surface area contributed by atoms with E-state index in [1.54, 1.807) is 10.9 Å². The Hall–Kier alpha value is -3.06. The molecule has 30 heavy (non-hydrogen) atoms. The van der Waals surface area contributed by atoms with Crippen LogP contribution in [0.15, 0.2) is 42.7 Å². The van der Waals surface area contributed by atoms with E-state index >= 15 is 0 Å². The first-order chi connectivity index (χ1) is 14.5. The standard InChI is InChI=1S/C23H28N6O/c1-16-17(2)26-22(18(3)25-16)15-28-13-9-19(10-14-28)23(30)27-20-5-7-21(8-6-20)29-12-4-11-24-29/h4-8,11-12,19H,9-10,13-15H2,1-3H3,(H,27,30). The third-order valence-electron chi connectivity index (χ3n) is 5.81. The van der Waals surface area contributed by atoms with Crippen LogP contribution in [-0.4, -0.2) is 43.6 Å². The number of hydrogen-bond acceptors (Lipinski definition) is 5. The van der Waals surface area contributed by atoms with Gasteiger partial charge < -0.3 is 5.32 Å². The molecule has 1 aromatic carbocycles. The predicted octanol–water partition coefficient (Wildman–Crippen LogP) is 3.44. The Morgan fingerprint density at radius 2 is 1.73 bits per heavy atom. The summed E-state index contributed by atoms with van der Waals surface area (Å²) in [6.07, 6.45) is 5.35. The molecular weight excluding hydrogens is 376 g/mol. The normalized spacial score (nSPS) is 15.3. The lowest BCUT2D eigenvalue weighted by Gasteiger charge is -2.31. The highest BCUT2D eigenvalue weighted by atomic mass is 16.1. The molecule has 2 aromatic heterocycles. The van der Waals surface area contributed by atoms with Gasteiger partial charge in [0.2, 0.25) is 5.91 Å². The van der Waals surface area contributed by atoms with Crippen molar-refractivity contribution in [2.75, 3.05) is 18.4 Å². The number of amides is 1. The van der Waals surface area contributed by atoms with Crippen LogP contribution in [0.2, 0.25) is 0 Å². The van der Waals surface area contributed by atoms with Gasteiger partial charge in [-0.2, -0.15) is 5.10 Å². The van der Waals surface area contributed by atoms with Crippen molar-refractivity contribution in [3.8, 4) is 5.69 Å². The molecule has 0 unspecified atom stereocenters. The highest BCUT2D eigenvalue weighted by Gasteiger charge is 2.25. The number of aromatic nitrogens is 4. The second-order valence-electron chi connectivity index (χ2n) is 7.96. The Kier molecular flexibility index (Phi) is 5.90. The Morgan fingerprint density at radius 3 is 2.40 bits per heavy atom. The van der Waals surface area contributed by atoms with E-state index in [2.05, 4.69) is 20.3 Å². The van der Waals surface area contributed by atoms with Crippen LogP contribution in [0.5, 0.6) is 0 Å². The topological polar surface area (TPSA) is 75.9 Å². The first-order valence-corrected chi connectivity index (χ1v) is 10.4. The molecule has 4 rings (SSSR count). The molecule has 7 heteroatoms. The molecule has 3 heterocycles. The summed E-state index contributed by atoms with van der Waals surface area (Å²) in [6.45, 7) is 8.60. The van der Waals surface area contributed by atoms with Crippen LogP contribution < -0.4 is 5.32 Å². The van der Waals surface area contributed by atoms with Gasteiger partial charge in [-0.3, -0.25) is 19.7 Å². The van der Waals surface area contributed by atoms with Crippen LogP contribution in [0, 0.1) is 26.7 Å². The SMILES string of the molecule is Cc1nc(C)c(CN2CCC(C(=O)Nc3ccc(-n4cccn4)cc3)CC2)nc1C. The molecule has 0 saturated carbocycles. The van der Waals surface area contributed by atoms with E-state index in [1.165, 1.54) is 0 Å². The summed E-state index contributed by atoms with van der Waals surface area (Å²) >= 11 is 0. The zero-order chi connectivity index (χ0) is 21.1. The molecular formula is C23H28N6O. The molecule has 1 saturated heterocycles. The molecule has 0 radical (unpaired) electrons. The highest BCUT2D eigenvalue weighted by molar-refractivity contribution is 5.92. The molecule has 0 spiro atoms. The summed E-state index contributed by atoms with van der Waals surface area (Å²) in [5.41, 5.74) is 5.80. The zero-order valence-electron chi connectivity index (χ0n) is 17.8. The molecule has 7 nitrogen and oxygen atoms in total. The summed E-state index contributed by atoms with van der Waals surface area (Å²) in [7, 11) is 0. The van der Waals surface area contributed by atoms with Crippen LogP contribution in [0.25, 0.3) is 5.69 Å². The van der Waals surface area contributed by atoms with Gasteiger partial charge in [0.25, 0.3) is 0 Å². The van der Waals surface area contributed by atoms with Gasteiger partial charge in [0.05, 0.1) is 28.5 Å². The minimum Gasteiger partial charge on any atom is -0.326 e. The van der Waals surface area contributed by atoms with Gasteiger partial charge in [0, 0.05) is 30.5 Å². The lowest BCUT2D eigenvalue weighted by molar-refractivity contribution is -0.121. The Bertz CT molecular complexity index is 1000. The molecule has 0 atom stereocenters. The smallest absolute Gasteiger partial charge is 0.227 e. The van der Waals surface area contributed by atoms with E-state index < -0.39 is 0 Å². The van der Waals surface area contributed by atoms with Crippen molar-refractivity contribution in [3.05, 3.63) is 65.5 Å². The number of hydrogen-bond donors (Lipinski definition) is 1. The fourth-order valence-corrected chi connectivity index (χ4v) is 3.84. The van der Waals surface area contributed by atoms with Crippen LogP contribution in [0.1, 0.15) is 35.6 Å². The van der Waals surface area contributed by atoms with E-state index in [0.29, 0.717) is 0 Å². The third kappa shape index (κ3) is 4.57. The quantitative estimate of drug-likeness (QED) is 0.705. The fourth-order valence-electron chi connectivity index (χ4n) is 3.84. The number of likely N-dealkylation sites (tertiary alicyclic amines) is 1. The molecule has 0 aliphatic carbocycles. The molecule has 156 valence electrons. The van der Waals surface area contributed by atoms with Crippen LogP contribution >= 0.6 is 0 Å². The van der Waals surface area contributed by atoms with Crippen LogP contribution in [0.3, 0.4) is 0 Å². The number of nitrogens with one attached hydrogen (secondary N) is 1. The molecule has 1 amide bonds. The Balaban J connectivity index is 1.30. The lowest BCUT2D eigenvalue weighted by Crippen LogP contribution is -2.38. The fraction of sp³-hybridized carbons (Fsp3) is 0.391. The van der Waals surface area contributed by atoms with Gasteiger partial charge in [-0.25, -0.2) is 4.68 Å². The summed E-state index contributed by atoms with van der Waals surface area (Å²) in [6, 6.07) is 9.64. The van der Waals surface area contributed by atoms with Crippen molar-refractivity contribution in [2.45, 2.75) is 40.2 Å². The van der Waals surface area contributed by atoms with Gasteiger partial charge in [-0.05, 0) is 77.0 Å². The predicted molar refractivity (Wildman–Crippen MR) is 116 cm³/mol. The lowest BCUT2D eigenvalue weighted by atomic mass is 9.95. The van der Waals surface area contributed by atoms with Crippen molar-refractivity contribution >= 4 is 11.6 Å². The monoisotopic (exact) mass is 404 g/mol. The first kappa shape index (κ1) is 20.2. The number of rotatable bonds is 5. The van der Waals surface area contributed by atoms with Crippen molar-refractivity contribution in [2.24, 2.45) is 5.92 Å². The molecule has 0 bridgehead atoms. The second kappa shape index (κ2) is 8.75. The van der Waals surface area contributed by atoms with Gasteiger partial charge in [0.15, 0.2) is 0 Å². The van der Waals surface area contributed by atoms with E-state index in [-0.39, 0.29) is 11.8 Å². The van der Waals surface area contributed by atoms with Crippen molar-refractivity contribution in [3.63, 3.8) is 0 Å². The molecule has 1 aliphatic rings. The second-order valence-corrected chi connectivity index (χ2v) is 7.96. The Labute approximate surface area is 177 Å². The summed E-state index contributed by atoms with van der Waals surface area (Å²) in [5, 5.41) is 7.28. The van der Waals surface area contributed by atoms with Gasteiger partial charge in [-0.1, -0.05) is 0 Å². The number of aryl methyl sites for hydroxylation is 3. The minimum absolute atomic E-state index is 0.0407. The van der Waals surface area contributed by atoms with Crippen molar-refractivity contribution in [1.82, 2.24) is 24.6 Å². The number of benzene rings is 1. The minimum atomic E-state index is 0.0407. The van der Waals surface area contributed by atoms with Crippen LogP contribution in [0.4, 0.5) is 5.69 Å². The van der Waals surface area contributed by atoms with E-state index in [9.17, 15) is 4.79 Å². The van der Waals surface area contributed by atoms with Gasteiger partial charge >= 0.3 is 0 Å². The van der Waals surface area contributed by atoms with E-state index in [1.807, 2.05) is 57.3 Å². The number of carbonyl (C=O) groups is 1. The maximum Gasteiger partial charge on any atom is 0.227 e. The largest absolute Gasteiger partial charge is 0.326 e. The van der Waals surface area contributed by atoms with Crippen LogP contribution in [-0.2, 0) is 11.3 Å². The number of nitrogens with zero attached hydrogens (tertiary/aromatic N) is 5. The highest BCUT2D eigenvalue weighted by Crippen LogP contribution is 2.22. The number of anilines is 1. The average molecular weight is 405 g/mol.